The summed E-state index contributed by atoms with van der Waals surface area (Å²) in [5, 5.41) is 6.23. The Bertz CT molecular complexity index is 739. The second kappa shape index (κ2) is 5.83. The lowest BCUT2D eigenvalue weighted by Crippen LogP contribution is -2.46. The largest absolute Gasteiger partial charge is 0.349 e. The Morgan fingerprint density at radius 3 is 2.23 bits per heavy atom. The highest BCUT2D eigenvalue weighted by molar-refractivity contribution is 5.97. The zero-order chi connectivity index (χ0) is 18.7. The summed E-state index contributed by atoms with van der Waals surface area (Å²) in [5.74, 6) is 1.44. The number of anilines is 1. The number of nitrogens with one attached hydrogen (secondary N) is 2. The van der Waals surface area contributed by atoms with Crippen LogP contribution in [0.15, 0.2) is 24.3 Å². The van der Waals surface area contributed by atoms with Crippen LogP contribution in [0.4, 0.5) is 5.69 Å². The summed E-state index contributed by atoms with van der Waals surface area (Å²) in [6, 6.07) is 7.52. The average molecular weight is 354 g/mol. The number of hydrogen-bond acceptors (Lipinski definition) is 2. The van der Waals surface area contributed by atoms with E-state index in [4.69, 9.17) is 0 Å². The Balaban J connectivity index is 1.39. The molecule has 0 heterocycles. The van der Waals surface area contributed by atoms with Gasteiger partial charge in [-0.1, -0.05) is 27.7 Å². The third kappa shape index (κ3) is 2.65. The standard InChI is InChI=1S/C22H30N2O2/c1-13-11-17(13)20(26)23-16-7-5-14(6-8-16)19(25)24-18-12-15-9-10-22(18,4)21(15,2)3/h5-8,13,15,17-18H,9-12H2,1-4H3,(H,23,26)(H,24,25). The lowest BCUT2D eigenvalue weighted by atomic mass is 9.69. The molecule has 26 heavy (non-hydrogen) atoms. The Morgan fingerprint density at radius 1 is 1.08 bits per heavy atom. The average Bonchev–Trinajstić information content (AvgIpc) is 3.25. The lowest BCUT2D eigenvalue weighted by molar-refractivity contribution is -0.117. The molecule has 1 aromatic carbocycles. The summed E-state index contributed by atoms with van der Waals surface area (Å²) < 4.78 is 0. The van der Waals surface area contributed by atoms with Gasteiger partial charge in [0.1, 0.15) is 0 Å². The second-order valence-corrected chi connectivity index (χ2v) is 9.52. The van der Waals surface area contributed by atoms with Crippen LogP contribution < -0.4 is 10.6 Å². The van der Waals surface area contributed by atoms with Gasteiger partial charge in [0.2, 0.25) is 5.91 Å². The van der Waals surface area contributed by atoms with Crippen LogP contribution in [0.1, 0.15) is 63.7 Å². The number of benzene rings is 1. The predicted octanol–water partition coefficient (Wildman–Crippen LogP) is 4.23. The lowest BCUT2D eigenvalue weighted by Gasteiger charge is -2.39. The summed E-state index contributed by atoms with van der Waals surface area (Å²) in [6.45, 7) is 9.14. The molecule has 4 nitrogen and oxygen atoms in total. The maximum Gasteiger partial charge on any atom is 0.251 e. The first-order chi connectivity index (χ1) is 12.2. The SMILES string of the molecule is CC1CC1C(=O)Nc1ccc(C(=O)NC2CC3CCC2(C)C3(C)C)cc1. The van der Waals surface area contributed by atoms with Crippen molar-refractivity contribution in [2.45, 2.75) is 59.4 Å². The third-order valence-corrected chi connectivity index (χ3v) is 7.96. The third-order valence-electron chi connectivity index (χ3n) is 7.96. The molecule has 2 amide bonds. The van der Waals surface area contributed by atoms with E-state index in [1.54, 1.807) is 0 Å². The topological polar surface area (TPSA) is 58.2 Å². The van der Waals surface area contributed by atoms with Crippen molar-refractivity contribution >= 4 is 17.5 Å². The van der Waals surface area contributed by atoms with Gasteiger partial charge < -0.3 is 10.6 Å². The molecule has 2 bridgehead atoms. The second-order valence-electron chi connectivity index (χ2n) is 9.52. The fourth-order valence-corrected chi connectivity index (χ4v) is 5.29. The van der Waals surface area contributed by atoms with Gasteiger partial charge >= 0.3 is 0 Å². The van der Waals surface area contributed by atoms with E-state index < -0.39 is 0 Å². The van der Waals surface area contributed by atoms with Gasteiger partial charge in [0, 0.05) is 23.2 Å². The van der Waals surface area contributed by atoms with Crippen molar-refractivity contribution in [3.05, 3.63) is 29.8 Å². The summed E-state index contributed by atoms with van der Waals surface area (Å²) in [5.41, 5.74) is 1.90. The first-order valence-corrected chi connectivity index (χ1v) is 9.94. The van der Waals surface area contributed by atoms with Crippen molar-refractivity contribution in [2.24, 2.45) is 28.6 Å². The van der Waals surface area contributed by atoms with Gasteiger partial charge in [0.05, 0.1) is 0 Å². The van der Waals surface area contributed by atoms with E-state index >= 15 is 0 Å². The molecule has 3 aliphatic carbocycles. The van der Waals surface area contributed by atoms with E-state index in [1.165, 1.54) is 12.8 Å². The molecule has 0 saturated heterocycles. The maximum absolute atomic E-state index is 12.7. The number of amides is 2. The summed E-state index contributed by atoms with van der Waals surface area (Å²) in [4.78, 5) is 24.7. The molecule has 5 atom stereocenters. The predicted molar refractivity (Wildman–Crippen MR) is 103 cm³/mol. The molecule has 2 N–H and O–H groups in total. The molecule has 4 rings (SSSR count). The fraction of sp³-hybridized carbons (Fsp3) is 0.636. The van der Waals surface area contributed by atoms with Crippen molar-refractivity contribution < 1.29 is 9.59 Å². The Kier molecular flexibility index (Phi) is 3.94. The number of hydrogen-bond donors (Lipinski definition) is 2. The van der Waals surface area contributed by atoms with Gasteiger partial charge in [-0.15, -0.1) is 0 Å². The zero-order valence-corrected chi connectivity index (χ0v) is 16.3. The molecule has 5 unspecified atom stereocenters. The molecule has 0 aliphatic heterocycles. The van der Waals surface area contributed by atoms with Crippen molar-refractivity contribution in [1.82, 2.24) is 5.32 Å². The van der Waals surface area contributed by atoms with Crippen LogP contribution in [0.3, 0.4) is 0 Å². The van der Waals surface area contributed by atoms with Gasteiger partial charge in [0.25, 0.3) is 5.91 Å². The minimum Gasteiger partial charge on any atom is -0.349 e. The van der Waals surface area contributed by atoms with E-state index in [-0.39, 0.29) is 29.2 Å². The van der Waals surface area contributed by atoms with Crippen molar-refractivity contribution in [2.75, 3.05) is 5.32 Å². The normalized spacial score (nSPS) is 36.6. The van der Waals surface area contributed by atoms with E-state index in [9.17, 15) is 9.59 Å². The molecule has 0 spiro atoms. The van der Waals surface area contributed by atoms with E-state index in [1.807, 2.05) is 24.3 Å². The number of fused-ring (bicyclic) bond motifs is 2. The highest BCUT2D eigenvalue weighted by atomic mass is 16.2. The van der Waals surface area contributed by atoms with Crippen molar-refractivity contribution in [1.29, 1.82) is 0 Å². The van der Waals surface area contributed by atoms with Crippen LogP contribution >= 0.6 is 0 Å². The monoisotopic (exact) mass is 354 g/mol. The maximum atomic E-state index is 12.7. The summed E-state index contributed by atoms with van der Waals surface area (Å²) >= 11 is 0. The van der Waals surface area contributed by atoms with E-state index in [0.717, 1.165) is 18.5 Å². The minimum atomic E-state index is -0.00623. The molecular formula is C22H30N2O2. The van der Waals surface area contributed by atoms with Crippen molar-refractivity contribution in [3.8, 4) is 0 Å². The number of carbonyl (C=O) groups excluding carboxylic acids is 2. The summed E-state index contributed by atoms with van der Waals surface area (Å²) in [7, 11) is 0. The fourth-order valence-electron chi connectivity index (χ4n) is 5.29. The Labute approximate surface area is 156 Å². The van der Waals surface area contributed by atoms with Gasteiger partial charge in [-0.2, -0.15) is 0 Å². The van der Waals surface area contributed by atoms with Gasteiger partial charge in [-0.05, 0) is 72.6 Å². The number of rotatable bonds is 4. The van der Waals surface area contributed by atoms with E-state index in [2.05, 4.69) is 38.3 Å². The molecule has 4 heteroatoms. The van der Waals surface area contributed by atoms with E-state index in [0.29, 0.717) is 22.8 Å². The van der Waals surface area contributed by atoms with Crippen LogP contribution in [0.25, 0.3) is 0 Å². The molecule has 0 radical (unpaired) electrons. The molecule has 140 valence electrons. The highest BCUT2D eigenvalue weighted by Gasteiger charge is 2.61. The molecular weight excluding hydrogens is 324 g/mol. The first-order valence-electron chi connectivity index (χ1n) is 9.94. The van der Waals surface area contributed by atoms with Gasteiger partial charge in [0.15, 0.2) is 0 Å². The highest BCUT2D eigenvalue weighted by Crippen LogP contribution is 2.65. The van der Waals surface area contributed by atoms with Crippen molar-refractivity contribution in [3.63, 3.8) is 0 Å². The molecule has 3 saturated carbocycles. The molecule has 3 aliphatic rings. The minimum absolute atomic E-state index is 0.00623. The molecule has 1 aromatic rings. The zero-order valence-electron chi connectivity index (χ0n) is 16.3. The van der Waals surface area contributed by atoms with Crippen LogP contribution in [0.2, 0.25) is 0 Å². The van der Waals surface area contributed by atoms with Gasteiger partial charge in [-0.25, -0.2) is 0 Å². The quantitative estimate of drug-likeness (QED) is 0.850. The number of carbonyl (C=O) groups is 2. The van der Waals surface area contributed by atoms with Crippen LogP contribution in [-0.4, -0.2) is 17.9 Å². The molecule has 3 fully saturated rings. The summed E-state index contributed by atoms with van der Waals surface area (Å²) in [6.07, 6.45) is 4.54. The Morgan fingerprint density at radius 2 is 1.73 bits per heavy atom. The smallest absolute Gasteiger partial charge is 0.251 e. The first kappa shape index (κ1) is 17.6. The Hall–Kier alpha value is -1.84. The van der Waals surface area contributed by atoms with Gasteiger partial charge in [-0.3, -0.25) is 9.59 Å². The van der Waals surface area contributed by atoms with Crippen LogP contribution in [0, 0.1) is 28.6 Å². The van der Waals surface area contributed by atoms with Crippen LogP contribution in [-0.2, 0) is 4.79 Å². The van der Waals surface area contributed by atoms with Crippen LogP contribution in [0.5, 0.6) is 0 Å². The molecule has 0 aromatic heterocycles.